The van der Waals surface area contributed by atoms with Crippen LogP contribution in [0.3, 0.4) is 0 Å². The van der Waals surface area contributed by atoms with Gasteiger partial charge in [0.25, 0.3) is 5.91 Å². The van der Waals surface area contributed by atoms with Crippen molar-refractivity contribution >= 4 is 32.3 Å². The molecule has 0 aliphatic heterocycles. The lowest BCUT2D eigenvalue weighted by molar-refractivity contribution is 0.102. The van der Waals surface area contributed by atoms with E-state index in [0.717, 1.165) is 5.56 Å². The molecule has 0 aliphatic rings. The Hall–Kier alpha value is -3.58. The molecule has 6 nitrogen and oxygen atoms in total. The molecular formula is C23H19N3O3S. The first-order valence-electron chi connectivity index (χ1n) is 9.42. The first kappa shape index (κ1) is 19.7. The van der Waals surface area contributed by atoms with E-state index < -0.39 is 9.84 Å². The van der Waals surface area contributed by atoms with Crippen LogP contribution in [-0.4, -0.2) is 30.0 Å². The Labute approximate surface area is 174 Å². The number of hydrogen-bond acceptors (Lipinski definition) is 5. The van der Waals surface area contributed by atoms with E-state index in [2.05, 4.69) is 15.3 Å². The van der Waals surface area contributed by atoms with Gasteiger partial charge in [0.2, 0.25) is 0 Å². The van der Waals surface area contributed by atoms with Gasteiger partial charge in [-0.25, -0.2) is 13.4 Å². The summed E-state index contributed by atoms with van der Waals surface area (Å²) in [4.78, 5) is 22.1. The molecule has 4 aromatic rings. The van der Waals surface area contributed by atoms with E-state index in [9.17, 15) is 13.2 Å². The van der Waals surface area contributed by atoms with Gasteiger partial charge in [-0.15, -0.1) is 0 Å². The fourth-order valence-corrected chi connectivity index (χ4v) is 4.08. The van der Waals surface area contributed by atoms with Crippen LogP contribution in [0, 0.1) is 0 Å². The van der Waals surface area contributed by atoms with Crippen molar-refractivity contribution in [3.63, 3.8) is 0 Å². The van der Waals surface area contributed by atoms with Gasteiger partial charge < -0.3 is 5.32 Å². The van der Waals surface area contributed by atoms with Crippen LogP contribution in [0.5, 0.6) is 0 Å². The van der Waals surface area contributed by atoms with Crippen LogP contribution in [0.25, 0.3) is 22.2 Å². The summed E-state index contributed by atoms with van der Waals surface area (Å²) in [5, 5.41) is 3.53. The standard InChI is InChI=1S/C23H19N3O3S/c1-2-30(28,29)18-9-5-8-17(13-18)25-23(27)20-14-22(16-7-6-12-24-15-16)26-21-11-4-3-10-19(20)21/h3-15H,2H2,1H3,(H,25,27). The van der Waals surface area contributed by atoms with E-state index in [0.29, 0.717) is 27.8 Å². The quantitative estimate of drug-likeness (QED) is 0.522. The van der Waals surface area contributed by atoms with Crippen molar-refractivity contribution in [2.75, 3.05) is 11.1 Å². The van der Waals surface area contributed by atoms with Gasteiger partial charge in [0, 0.05) is 29.0 Å². The summed E-state index contributed by atoms with van der Waals surface area (Å²) >= 11 is 0. The van der Waals surface area contributed by atoms with Gasteiger partial charge in [0.15, 0.2) is 9.84 Å². The van der Waals surface area contributed by atoms with Crippen LogP contribution in [-0.2, 0) is 9.84 Å². The maximum atomic E-state index is 13.1. The van der Waals surface area contributed by atoms with Gasteiger partial charge in [0.1, 0.15) is 0 Å². The molecule has 1 amide bonds. The zero-order chi connectivity index (χ0) is 21.1. The summed E-state index contributed by atoms with van der Waals surface area (Å²) in [6.45, 7) is 1.59. The lowest BCUT2D eigenvalue weighted by atomic mass is 10.0. The highest BCUT2D eigenvalue weighted by molar-refractivity contribution is 7.91. The number of carbonyl (C=O) groups excluding carboxylic acids is 1. The lowest BCUT2D eigenvalue weighted by Gasteiger charge is -2.11. The van der Waals surface area contributed by atoms with Crippen LogP contribution in [0.1, 0.15) is 17.3 Å². The van der Waals surface area contributed by atoms with E-state index in [-0.39, 0.29) is 16.6 Å². The molecular weight excluding hydrogens is 398 g/mol. The second-order valence-corrected chi connectivity index (χ2v) is 8.98. The van der Waals surface area contributed by atoms with E-state index in [1.807, 2.05) is 36.4 Å². The third kappa shape index (κ3) is 3.92. The third-order valence-electron chi connectivity index (χ3n) is 4.75. The predicted molar refractivity (Wildman–Crippen MR) is 117 cm³/mol. The molecule has 2 aromatic carbocycles. The molecule has 7 heteroatoms. The number of aromatic nitrogens is 2. The molecule has 0 spiro atoms. The summed E-state index contributed by atoms with van der Waals surface area (Å²) in [5.74, 6) is -0.349. The molecule has 1 N–H and O–H groups in total. The van der Waals surface area contributed by atoms with Gasteiger partial charge >= 0.3 is 0 Å². The number of anilines is 1. The number of para-hydroxylation sites is 1. The number of amides is 1. The van der Waals surface area contributed by atoms with Crippen LogP contribution in [0.2, 0.25) is 0 Å². The zero-order valence-electron chi connectivity index (χ0n) is 16.2. The predicted octanol–water partition coefficient (Wildman–Crippen LogP) is 4.34. The highest BCUT2D eigenvalue weighted by Crippen LogP contribution is 2.25. The smallest absolute Gasteiger partial charge is 0.256 e. The number of carbonyl (C=O) groups is 1. The Morgan fingerprint density at radius 1 is 1.00 bits per heavy atom. The molecule has 0 atom stereocenters. The van der Waals surface area contributed by atoms with E-state index >= 15 is 0 Å². The number of rotatable bonds is 5. The summed E-state index contributed by atoms with van der Waals surface area (Å²) in [7, 11) is -3.37. The topological polar surface area (TPSA) is 89.0 Å². The van der Waals surface area contributed by atoms with Crippen molar-refractivity contribution in [3.8, 4) is 11.3 Å². The number of sulfone groups is 1. The third-order valence-corrected chi connectivity index (χ3v) is 6.48. The fraction of sp³-hybridized carbons (Fsp3) is 0.0870. The SMILES string of the molecule is CCS(=O)(=O)c1cccc(NC(=O)c2cc(-c3cccnc3)nc3ccccc23)c1. The van der Waals surface area contributed by atoms with Crippen LogP contribution < -0.4 is 5.32 Å². The largest absolute Gasteiger partial charge is 0.322 e. The van der Waals surface area contributed by atoms with Gasteiger partial charge in [-0.1, -0.05) is 31.2 Å². The number of hydrogen-bond donors (Lipinski definition) is 1. The van der Waals surface area contributed by atoms with Crippen LogP contribution in [0.4, 0.5) is 5.69 Å². The minimum atomic E-state index is -3.37. The Balaban J connectivity index is 1.76. The van der Waals surface area contributed by atoms with Crippen molar-refractivity contribution in [1.82, 2.24) is 9.97 Å². The summed E-state index contributed by atoms with van der Waals surface area (Å²) in [5.41, 5.74) is 2.98. The molecule has 150 valence electrons. The fourth-order valence-electron chi connectivity index (χ4n) is 3.16. The van der Waals surface area contributed by atoms with E-state index in [1.54, 1.807) is 37.5 Å². The number of nitrogens with zero attached hydrogens (tertiary/aromatic N) is 2. The lowest BCUT2D eigenvalue weighted by Crippen LogP contribution is -2.14. The second kappa shape index (κ2) is 8.04. The number of benzene rings is 2. The molecule has 2 heterocycles. The van der Waals surface area contributed by atoms with Crippen molar-refractivity contribution in [3.05, 3.63) is 84.7 Å². The minimum absolute atomic E-state index is 0.00609. The molecule has 0 radical (unpaired) electrons. The maximum absolute atomic E-state index is 13.1. The monoisotopic (exact) mass is 417 g/mol. The summed E-state index contributed by atoms with van der Waals surface area (Å²) in [6, 6.07) is 19.1. The van der Waals surface area contributed by atoms with Gasteiger partial charge in [0.05, 0.1) is 27.4 Å². The molecule has 4 rings (SSSR count). The Kier molecular flexibility index (Phi) is 5.29. The van der Waals surface area contributed by atoms with Gasteiger partial charge in [-0.2, -0.15) is 0 Å². The van der Waals surface area contributed by atoms with E-state index in [4.69, 9.17) is 0 Å². The number of pyridine rings is 2. The first-order valence-corrected chi connectivity index (χ1v) is 11.1. The number of fused-ring (bicyclic) bond motifs is 1. The van der Waals surface area contributed by atoms with Crippen LogP contribution in [0.15, 0.2) is 84.0 Å². The Morgan fingerprint density at radius 2 is 1.83 bits per heavy atom. The van der Waals surface area contributed by atoms with Crippen molar-refractivity contribution in [2.24, 2.45) is 0 Å². The average Bonchev–Trinajstić information content (AvgIpc) is 2.79. The van der Waals surface area contributed by atoms with E-state index in [1.165, 1.54) is 12.1 Å². The highest BCUT2D eigenvalue weighted by Gasteiger charge is 2.16. The first-order chi connectivity index (χ1) is 14.5. The molecule has 0 fully saturated rings. The van der Waals surface area contributed by atoms with Crippen molar-refractivity contribution in [2.45, 2.75) is 11.8 Å². The maximum Gasteiger partial charge on any atom is 0.256 e. The van der Waals surface area contributed by atoms with Gasteiger partial charge in [-0.05, 0) is 42.5 Å². The summed E-state index contributed by atoms with van der Waals surface area (Å²) in [6.07, 6.45) is 3.37. The molecule has 0 saturated carbocycles. The molecule has 0 unspecified atom stereocenters. The van der Waals surface area contributed by atoms with Crippen molar-refractivity contribution < 1.29 is 13.2 Å². The van der Waals surface area contributed by atoms with Gasteiger partial charge in [-0.3, -0.25) is 9.78 Å². The average molecular weight is 417 g/mol. The number of nitrogens with one attached hydrogen (secondary N) is 1. The molecule has 2 aromatic heterocycles. The molecule has 0 saturated heterocycles. The summed E-state index contributed by atoms with van der Waals surface area (Å²) < 4.78 is 24.3. The Morgan fingerprint density at radius 3 is 2.60 bits per heavy atom. The minimum Gasteiger partial charge on any atom is -0.322 e. The Bertz CT molecular complexity index is 1340. The normalized spacial score (nSPS) is 11.4. The van der Waals surface area contributed by atoms with Crippen molar-refractivity contribution in [1.29, 1.82) is 0 Å². The molecule has 30 heavy (non-hydrogen) atoms. The molecule has 0 aliphatic carbocycles. The zero-order valence-corrected chi connectivity index (χ0v) is 17.1. The molecule has 0 bridgehead atoms. The highest BCUT2D eigenvalue weighted by atomic mass is 32.2. The van der Waals surface area contributed by atoms with Crippen LogP contribution >= 0.6 is 0 Å². The second-order valence-electron chi connectivity index (χ2n) is 6.70.